The maximum absolute atomic E-state index is 12.2. The first-order valence-electron chi connectivity index (χ1n) is 6.94. The van der Waals surface area contributed by atoms with Gasteiger partial charge in [-0.3, -0.25) is 9.78 Å². The molecule has 1 amide bonds. The Morgan fingerprint density at radius 3 is 2.76 bits per heavy atom. The molecule has 0 aliphatic carbocycles. The molecule has 0 fully saturated rings. The number of amides is 1. The molecule has 0 saturated heterocycles. The average molecular weight is 284 g/mol. The first kappa shape index (κ1) is 15.0. The van der Waals surface area contributed by atoms with Crippen molar-refractivity contribution < 1.29 is 9.53 Å². The van der Waals surface area contributed by atoms with Crippen LogP contribution in [0.25, 0.3) is 0 Å². The van der Waals surface area contributed by atoms with E-state index in [1.54, 1.807) is 18.1 Å². The lowest BCUT2D eigenvalue weighted by Gasteiger charge is -2.24. The van der Waals surface area contributed by atoms with E-state index >= 15 is 0 Å². The van der Waals surface area contributed by atoms with Gasteiger partial charge in [-0.15, -0.1) is 0 Å². The molecule has 0 spiro atoms. The quantitative estimate of drug-likeness (QED) is 0.847. The Bertz CT molecular complexity index is 599. The summed E-state index contributed by atoms with van der Waals surface area (Å²) in [6.07, 6.45) is 1.73. The minimum Gasteiger partial charge on any atom is -0.484 e. The minimum absolute atomic E-state index is 0.0249. The van der Waals surface area contributed by atoms with E-state index < -0.39 is 0 Å². The largest absolute Gasteiger partial charge is 0.484 e. The van der Waals surface area contributed by atoms with Crippen LogP contribution < -0.4 is 4.74 Å². The van der Waals surface area contributed by atoms with Gasteiger partial charge in [0.05, 0.1) is 11.7 Å². The molecule has 2 rings (SSSR count). The van der Waals surface area contributed by atoms with Crippen LogP contribution in [0.15, 0.2) is 48.7 Å². The highest BCUT2D eigenvalue weighted by atomic mass is 16.5. The number of rotatable bonds is 5. The average Bonchev–Trinajstić information content (AvgIpc) is 2.52. The summed E-state index contributed by atoms with van der Waals surface area (Å²) in [5, 5.41) is 0. The zero-order valence-electron chi connectivity index (χ0n) is 12.6. The highest BCUT2D eigenvalue weighted by molar-refractivity contribution is 5.77. The van der Waals surface area contributed by atoms with Gasteiger partial charge in [-0.1, -0.05) is 18.2 Å². The first-order chi connectivity index (χ1) is 10.1. The molecule has 110 valence electrons. The van der Waals surface area contributed by atoms with Gasteiger partial charge in [-0.05, 0) is 43.7 Å². The Balaban J connectivity index is 1.94. The van der Waals surface area contributed by atoms with Gasteiger partial charge in [0.25, 0.3) is 5.91 Å². The number of carbonyl (C=O) groups is 1. The van der Waals surface area contributed by atoms with Gasteiger partial charge in [0.2, 0.25) is 0 Å². The van der Waals surface area contributed by atoms with Crippen LogP contribution in [0, 0.1) is 6.92 Å². The number of carbonyl (C=O) groups excluding carboxylic acids is 1. The number of hydrogen-bond donors (Lipinski definition) is 0. The summed E-state index contributed by atoms with van der Waals surface area (Å²) in [6, 6.07) is 13.3. The molecule has 0 saturated carbocycles. The number of hydrogen-bond acceptors (Lipinski definition) is 3. The zero-order valence-corrected chi connectivity index (χ0v) is 12.6. The smallest absolute Gasteiger partial charge is 0.260 e. The SMILES string of the molecule is Cc1cccc(OCC(=O)N(C)C(C)c2ccccn2)c1. The molecule has 1 unspecified atom stereocenters. The van der Waals surface area contributed by atoms with Crippen molar-refractivity contribution in [3.05, 3.63) is 59.9 Å². The van der Waals surface area contributed by atoms with Crippen LogP contribution in [0.5, 0.6) is 5.75 Å². The number of nitrogens with zero attached hydrogens (tertiary/aromatic N) is 2. The molecular formula is C17H20N2O2. The van der Waals surface area contributed by atoms with Crippen LogP contribution in [-0.4, -0.2) is 29.4 Å². The maximum Gasteiger partial charge on any atom is 0.260 e. The number of aromatic nitrogens is 1. The van der Waals surface area contributed by atoms with E-state index in [2.05, 4.69) is 4.98 Å². The van der Waals surface area contributed by atoms with Gasteiger partial charge in [0.1, 0.15) is 5.75 Å². The summed E-state index contributed by atoms with van der Waals surface area (Å²) < 4.78 is 5.54. The molecule has 1 aromatic heterocycles. The molecule has 1 heterocycles. The summed E-state index contributed by atoms with van der Waals surface area (Å²) in [5.41, 5.74) is 1.97. The van der Waals surface area contributed by atoms with Gasteiger partial charge in [-0.25, -0.2) is 0 Å². The molecule has 4 nitrogen and oxygen atoms in total. The van der Waals surface area contributed by atoms with Crippen LogP contribution in [0.3, 0.4) is 0 Å². The summed E-state index contributed by atoms with van der Waals surface area (Å²) in [5.74, 6) is 0.636. The lowest BCUT2D eigenvalue weighted by Crippen LogP contribution is -2.34. The summed E-state index contributed by atoms with van der Waals surface area (Å²) in [6.45, 7) is 3.97. The standard InChI is InChI=1S/C17H20N2O2/c1-13-7-6-8-15(11-13)21-12-17(20)19(3)14(2)16-9-4-5-10-18-16/h4-11,14H,12H2,1-3H3. The summed E-state index contributed by atoms with van der Waals surface area (Å²) in [4.78, 5) is 18.1. The second-order valence-corrected chi connectivity index (χ2v) is 5.04. The van der Waals surface area contributed by atoms with Crippen LogP contribution >= 0.6 is 0 Å². The van der Waals surface area contributed by atoms with Gasteiger partial charge in [0.15, 0.2) is 6.61 Å². The van der Waals surface area contributed by atoms with Crippen molar-refractivity contribution in [3.63, 3.8) is 0 Å². The van der Waals surface area contributed by atoms with Crippen molar-refractivity contribution in [1.82, 2.24) is 9.88 Å². The van der Waals surface area contributed by atoms with Crippen LogP contribution in [0.2, 0.25) is 0 Å². The van der Waals surface area contributed by atoms with E-state index in [-0.39, 0.29) is 18.6 Å². The lowest BCUT2D eigenvalue weighted by molar-refractivity contribution is -0.134. The van der Waals surface area contributed by atoms with Crippen molar-refractivity contribution in [1.29, 1.82) is 0 Å². The summed E-state index contributed by atoms with van der Waals surface area (Å²) in [7, 11) is 1.77. The molecule has 2 aromatic rings. The monoisotopic (exact) mass is 284 g/mol. The van der Waals surface area contributed by atoms with Gasteiger partial charge in [-0.2, -0.15) is 0 Å². The second kappa shape index (κ2) is 6.88. The Kier molecular flexibility index (Phi) is 4.93. The van der Waals surface area contributed by atoms with E-state index in [4.69, 9.17) is 4.74 Å². The molecule has 0 N–H and O–H groups in total. The highest BCUT2D eigenvalue weighted by Gasteiger charge is 2.18. The van der Waals surface area contributed by atoms with Crippen LogP contribution in [0.1, 0.15) is 24.2 Å². The molecular weight excluding hydrogens is 264 g/mol. The zero-order chi connectivity index (χ0) is 15.2. The third-order valence-electron chi connectivity index (χ3n) is 3.44. The van der Waals surface area contributed by atoms with Crippen molar-refractivity contribution in [2.45, 2.75) is 19.9 Å². The predicted molar refractivity (Wildman–Crippen MR) is 82.1 cm³/mol. The van der Waals surface area contributed by atoms with Crippen LogP contribution in [0.4, 0.5) is 0 Å². The number of pyridine rings is 1. The number of likely N-dealkylation sites (N-methyl/N-ethyl adjacent to an activating group) is 1. The fourth-order valence-electron chi connectivity index (χ4n) is 1.99. The predicted octanol–water partition coefficient (Wildman–Crippen LogP) is 2.99. The van der Waals surface area contributed by atoms with Gasteiger partial charge < -0.3 is 9.64 Å². The van der Waals surface area contributed by atoms with E-state index in [1.165, 1.54) is 0 Å². The number of aryl methyl sites for hydroxylation is 1. The third kappa shape index (κ3) is 4.05. The molecule has 21 heavy (non-hydrogen) atoms. The molecule has 0 aliphatic heterocycles. The minimum atomic E-state index is -0.0835. The van der Waals surface area contributed by atoms with Crippen LogP contribution in [-0.2, 0) is 4.79 Å². The Labute approximate surface area is 125 Å². The molecule has 0 radical (unpaired) electrons. The fourth-order valence-corrected chi connectivity index (χ4v) is 1.99. The second-order valence-electron chi connectivity index (χ2n) is 5.04. The van der Waals surface area contributed by atoms with Gasteiger partial charge in [0, 0.05) is 13.2 Å². The molecule has 1 atom stereocenters. The van der Waals surface area contributed by atoms with Gasteiger partial charge >= 0.3 is 0 Å². The molecule has 4 heteroatoms. The Morgan fingerprint density at radius 2 is 2.10 bits per heavy atom. The maximum atomic E-state index is 12.2. The van der Waals surface area contributed by atoms with Crippen molar-refractivity contribution in [2.75, 3.05) is 13.7 Å². The third-order valence-corrected chi connectivity index (χ3v) is 3.44. The first-order valence-corrected chi connectivity index (χ1v) is 6.94. The van der Waals surface area contributed by atoms with Crippen molar-refractivity contribution in [2.24, 2.45) is 0 Å². The molecule has 0 bridgehead atoms. The fraction of sp³-hybridized carbons (Fsp3) is 0.294. The normalized spacial score (nSPS) is 11.8. The van der Waals surface area contributed by atoms with Crippen molar-refractivity contribution >= 4 is 5.91 Å². The number of ether oxygens (including phenoxy) is 1. The Morgan fingerprint density at radius 1 is 1.29 bits per heavy atom. The van der Waals surface area contributed by atoms with E-state index in [9.17, 15) is 4.79 Å². The highest BCUT2D eigenvalue weighted by Crippen LogP contribution is 2.17. The topological polar surface area (TPSA) is 42.4 Å². The van der Waals surface area contributed by atoms with Crippen molar-refractivity contribution in [3.8, 4) is 5.75 Å². The van der Waals surface area contributed by atoms with E-state index in [1.807, 2.05) is 56.3 Å². The molecule has 0 aliphatic rings. The number of benzene rings is 1. The van der Waals surface area contributed by atoms with E-state index in [0.717, 1.165) is 11.3 Å². The summed E-state index contributed by atoms with van der Waals surface area (Å²) >= 11 is 0. The molecule has 1 aromatic carbocycles. The Hall–Kier alpha value is -2.36. The lowest BCUT2D eigenvalue weighted by atomic mass is 10.2. The van der Waals surface area contributed by atoms with E-state index in [0.29, 0.717) is 5.75 Å².